The number of alkyl halides is 3. The summed E-state index contributed by atoms with van der Waals surface area (Å²) in [5.41, 5.74) is -0.872. The molecule has 1 aromatic rings. The number of halogens is 3. The third-order valence-corrected chi connectivity index (χ3v) is 6.17. The van der Waals surface area contributed by atoms with Crippen LogP contribution < -0.4 is 4.74 Å². The van der Waals surface area contributed by atoms with Crippen molar-refractivity contribution in [1.82, 2.24) is 0 Å². The van der Waals surface area contributed by atoms with E-state index in [4.69, 9.17) is 14.6 Å². The molecule has 0 radical (unpaired) electrons. The Labute approximate surface area is 156 Å². The minimum absolute atomic E-state index is 0.0793. The number of carboxylic acid groups (broad SMARTS) is 1. The van der Waals surface area contributed by atoms with Crippen molar-refractivity contribution in [2.24, 2.45) is 5.41 Å². The van der Waals surface area contributed by atoms with Crippen LogP contribution in [-0.2, 0) is 22.3 Å². The van der Waals surface area contributed by atoms with Crippen molar-refractivity contribution in [2.75, 3.05) is 7.11 Å². The third-order valence-electron chi connectivity index (χ3n) is 6.17. The maximum atomic E-state index is 13.4. The maximum Gasteiger partial charge on any atom is 0.416 e. The van der Waals surface area contributed by atoms with Crippen molar-refractivity contribution in [3.05, 3.63) is 29.3 Å². The minimum atomic E-state index is -4.46. The quantitative estimate of drug-likeness (QED) is 0.668. The molecular formula is C20H25F3O4. The van der Waals surface area contributed by atoms with Crippen LogP contribution in [0, 0.1) is 5.41 Å². The molecule has 0 saturated heterocycles. The summed E-state index contributed by atoms with van der Waals surface area (Å²) in [6, 6.07) is 3.95. The zero-order chi connectivity index (χ0) is 19.7. The van der Waals surface area contributed by atoms with Gasteiger partial charge in [-0.05, 0) is 68.1 Å². The van der Waals surface area contributed by atoms with Crippen LogP contribution in [0.3, 0.4) is 0 Å². The Hall–Kier alpha value is -1.76. The number of rotatable bonds is 8. The van der Waals surface area contributed by atoms with Gasteiger partial charge in [0.15, 0.2) is 0 Å². The van der Waals surface area contributed by atoms with Crippen LogP contribution in [-0.4, -0.2) is 23.8 Å². The van der Waals surface area contributed by atoms with E-state index in [1.807, 2.05) is 0 Å². The zero-order valence-corrected chi connectivity index (χ0v) is 15.4. The van der Waals surface area contributed by atoms with Crippen molar-refractivity contribution in [3.63, 3.8) is 0 Å². The molecule has 7 heteroatoms. The van der Waals surface area contributed by atoms with E-state index in [1.165, 1.54) is 19.2 Å². The smallest absolute Gasteiger partial charge is 0.416 e. The first kappa shape index (κ1) is 20.0. The van der Waals surface area contributed by atoms with Crippen LogP contribution in [0.1, 0.15) is 62.5 Å². The Morgan fingerprint density at radius 1 is 1.22 bits per heavy atom. The van der Waals surface area contributed by atoms with E-state index >= 15 is 0 Å². The number of hydrogen-bond donors (Lipinski definition) is 1. The fourth-order valence-electron chi connectivity index (χ4n) is 4.72. The van der Waals surface area contributed by atoms with Gasteiger partial charge in [0.1, 0.15) is 5.75 Å². The maximum absolute atomic E-state index is 13.4. The summed E-state index contributed by atoms with van der Waals surface area (Å²) in [5.74, 6) is -0.618. The molecule has 0 spiro atoms. The predicted molar refractivity (Wildman–Crippen MR) is 92.5 cm³/mol. The van der Waals surface area contributed by atoms with Crippen LogP contribution in [0.25, 0.3) is 0 Å². The Bertz CT molecular complexity index is 691. The minimum Gasteiger partial charge on any atom is -0.497 e. The fraction of sp³-hybridized carbons (Fsp3) is 0.650. The molecule has 4 nitrogen and oxygen atoms in total. The summed E-state index contributed by atoms with van der Waals surface area (Å²) in [5, 5.41) is 8.82. The highest BCUT2D eigenvalue weighted by Gasteiger charge is 2.54. The Kier molecular flexibility index (Phi) is 5.43. The molecule has 2 aliphatic rings. The van der Waals surface area contributed by atoms with Gasteiger partial charge in [0.25, 0.3) is 0 Å². The lowest BCUT2D eigenvalue weighted by molar-refractivity contribution is -0.140. The topological polar surface area (TPSA) is 55.8 Å². The summed E-state index contributed by atoms with van der Waals surface area (Å²) >= 11 is 0. The first-order valence-corrected chi connectivity index (χ1v) is 9.27. The Balaban J connectivity index is 1.65. The monoisotopic (exact) mass is 386 g/mol. The number of hydrogen-bond acceptors (Lipinski definition) is 3. The van der Waals surface area contributed by atoms with Gasteiger partial charge in [0.05, 0.1) is 24.9 Å². The number of aliphatic carboxylic acids is 1. The predicted octanol–water partition coefficient (Wildman–Crippen LogP) is 5.19. The van der Waals surface area contributed by atoms with Crippen molar-refractivity contribution in [3.8, 4) is 5.75 Å². The lowest BCUT2D eigenvalue weighted by Crippen LogP contribution is -2.27. The summed E-state index contributed by atoms with van der Waals surface area (Å²) < 4.78 is 51.1. The van der Waals surface area contributed by atoms with E-state index in [2.05, 4.69) is 0 Å². The average molecular weight is 386 g/mol. The molecule has 1 aromatic carbocycles. The molecule has 27 heavy (non-hydrogen) atoms. The Morgan fingerprint density at radius 3 is 2.52 bits per heavy atom. The van der Waals surface area contributed by atoms with E-state index in [0.29, 0.717) is 6.42 Å². The highest BCUT2D eigenvalue weighted by atomic mass is 19.4. The van der Waals surface area contributed by atoms with Gasteiger partial charge in [-0.2, -0.15) is 13.2 Å². The molecule has 0 heterocycles. The van der Waals surface area contributed by atoms with E-state index in [-0.39, 0.29) is 35.4 Å². The zero-order valence-electron chi connectivity index (χ0n) is 15.4. The fourth-order valence-corrected chi connectivity index (χ4v) is 4.72. The number of ether oxygens (including phenoxy) is 2. The lowest BCUT2D eigenvalue weighted by atomic mass is 9.80. The number of carbonyl (C=O) groups is 1. The van der Waals surface area contributed by atoms with Gasteiger partial charge in [0.2, 0.25) is 0 Å². The molecule has 0 aliphatic heterocycles. The SMILES string of the molecule is COc1ccc(COC23CCC(CCCC(=O)O)(CC2)C3)c(C(F)(F)F)c1. The summed E-state index contributed by atoms with van der Waals surface area (Å²) in [7, 11) is 1.34. The van der Waals surface area contributed by atoms with Crippen molar-refractivity contribution in [2.45, 2.75) is 69.8 Å². The van der Waals surface area contributed by atoms with Crippen molar-refractivity contribution >= 4 is 5.97 Å². The number of fused-ring (bicyclic) bond motifs is 2. The molecule has 2 aliphatic carbocycles. The van der Waals surface area contributed by atoms with Crippen LogP contribution in [0.15, 0.2) is 18.2 Å². The summed E-state index contributed by atoms with van der Waals surface area (Å²) in [6.45, 7) is -0.0793. The lowest BCUT2D eigenvalue weighted by Gasteiger charge is -2.28. The molecule has 1 N–H and O–H groups in total. The second-order valence-electron chi connectivity index (χ2n) is 7.92. The van der Waals surface area contributed by atoms with Crippen LogP contribution in [0.5, 0.6) is 5.75 Å². The van der Waals surface area contributed by atoms with Gasteiger partial charge in [-0.15, -0.1) is 0 Å². The van der Waals surface area contributed by atoms with Gasteiger partial charge >= 0.3 is 12.1 Å². The highest BCUT2D eigenvalue weighted by Crippen LogP contribution is 2.60. The van der Waals surface area contributed by atoms with Crippen LogP contribution in [0.2, 0.25) is 0 Å². The van der Waals surface area contributed by atoms with E-state index < -0.39 is 17.7 Å². The second kappa shape index (κ2) is 7.34. The molecule has 0 unspecified atom stereocenters. The normalized spacial score (nSPS) is 27.1. The molecular weight excluding hydrogens is 361 g/mol. The highest BCUT2D eigenvalue weighted by molar-refractivity contribution is 5.66. The summed E-state index contributed by atoms with van der Waals surface area (Å²) in [6.07, 6.45) is 1.59. The third kappa shape index (κ3) is 4.39. The van der Waals surface area contributed by atoms with Gasteiger partial charge in [-0.1, -0.05) is 6.07 Å². The van der Waals surface area contributed by atoms with E-state index in [1.54, 1.807) is 0 Å². The molecule has 0 amide bonds. The van der Waals surface area contributed by atoms with Crippen LogP contribution in [0.4, 0.5) is 13.2 Å². The number of methoxy groups -OCH3 is 1. The second-order valence-corrected chi connectivity index (χ2v) is 7.92. The van der Waals surface area contributed by atoms with Crippen molar-refractivity contribution in [1.29, 1.82) is 0 Å². The average Bonchev–Trinajstić information content (AvgIpc) is 3.15. The standard InChI is InChI=1S/C20H25F3O4/c1-26-15-5-4-14(16(11-15)20(21,22)23)12-27-19-9-7-18(13-19,8-10-19)6-2-3-17(24)25/h4-5,11H,2-3,6-10,12-13H2,1H3,(H,24,25). The Morgan fingerprint density at radius 2 is 1.93 bits per heavy atom. The van der Waals surface area contributed by atoms with Gasteiger partial charge in [-0.3, -0.25) is 4.79 Å². The van der Waals surface area contributed by atoms with Crippen LogP contribution >= 0.6 is 0 Å². The van der Waals surface area contributed by atoms with Gasteiger partial charge < -0.3 is 14.6 Å². The van der Waals surface area contributed by atoms with Gasteiger partial charge in [0, 0.05) is 6.42 Å². The molecule has 0 aromatic heterocycles. The van der Waals surface area contributed by atoms with Crippen molar-refractivity contribution < 1.29 is 32.5 Å². The molecule has 150 valence electrons. The number of carboxylic acids is 1. The first-order chi connectivity index (χ1) is 12.7. The largest absolute Gasteiger partial charge is 0.497 e. The van der Waals surface area contributed by atoms with E-state index in [9.17, 15) is 18.0 Å². The summed E-state index contributed by atoms with van der Waals surface area (Å²) in [4.78, 5) is 10.7. The van der Waals surface area contributed by atoms with Gasteiger partial charge in [-0.25, -0.2) is 0 Å². The van der Waals surface area contributed by atoms with E-state index in [0.717, 1.165) is 44.6 Å². The molecule has 2 saturated carbocycles. The molecule has 0 atom stereocenters. The first-order valence-electron chi connectivity index (χ1n) is 9.27. The number of benzene rings is 1. The molecule has 3 rings (SSSR count). The molecule has 2 bridgehead atoms. The molecule has 2 fully saturated rings.